The molecule has 4 N–H and O–H groups in total. The van der Waals surface area contributed by atoms with Crippen molar-refractivity contribution in [2.75, 3.05) is 17.7 Å². The monoisotopic (exact) mass is 544 g/mol. The SMILES string of the molecule is CNc1nc(N[C@H]2CC[C@@H](C(=O)NCc3ccccc3OC(F)(F)F)CC2)nc(-c2cccc(C(=O)O)c2)n1. The minimum absolute atomic E-state index is 0.0136. The van der Waals surface area contributed by atoms with Gasteiger partial charge in [-0.2, -0.15) is 15.0 Å². The van der Waals surface area contributed by atoms with Gasteiger partial charge in [-0.25, -0.2) is 4.79 Å². The Morgan fingerprint density at radius 3 is 2.41 bits per heavy atom. The van der Waals surface area contributed by atoms with Gasteiger partial charge in [0.25, 0.3) is 0 Å². The van der Waals surface area contributed by atoms with Crippen LogP contribution in [0.4, 0.5) is 25.1 Å². The maximum absolute atomic E-state index is 12.7. The van der Waals surface area contributed by atoms with Gasteiger partial charge in [0.2, 0.25) is 17.8 Å². The highest BCUT2D eigenvalue weighted by Crippen LogP contribution is 2.29. The number of hydrogen-bond donors (Lipinski definition) is 4. The molecule has 2 aromatic carbocycles. The smallest absolute Gasteiger partial charge is 0.478 e. The largest absolute Gasteiger partial charge is 0.573 e. The molecule has 3 aromatic rings. The summed E-state index contributed by atoms with van der Waals surface area (Å²) in [5.74, 6) is -0.968. The van der Waals surface area contributed by atoms with E-state index in [1.54, 1.807) is 25.2 Å². The Kier molecular flexibility index (Phi) is 8.47. The minimum atomic E-state index is -4.82. The normalized spacial score (nSPS) is 17.2. The second kappa shape index (κ2) is 12.0. The molecular weight excluding hydrogens is 517 g/mol. The van der Waals surface area contributed by atoms with Crippen LogP contribution < -0.4 is 20.7 Å². The number of benzene rings is 2. The fraction of sp³-hybridized carbons (Fsp3) is 0.346. The first-order valence-corrected chi connectivity index (χ1v) is 12.3. The Morgan fingerprint density at radius 2 is 1.72 bits per heavy atom. The molecular formula is C26H27F3N6O4. The number of ether oxygens (including phenoxy) is 1. The molecule has 1 aromatic heterocycles. The summed E-state index contributed by atoms with van der Waals surface area (Å²) >= 11 is 0. The van der Waals surface area contributed by atoms with Crippen molar-refractivity contribution in [2.45, 2.75) is 44.6 Å². The average Bonchev–Trinajstić information content (AvgIpc) is 2.92. The van der Waals surface area contributed by atoms with E-state index in [0.717, 1.165) is 0 Å². The third-order valence-corrected chi connectivity index (χ3v) is 6.31. The van der Waals surface area contributed by atoms with E-state index in [0.29, 0.717) is 49.0 Å². The van der Waals surface area contributed by atoms with Crippen LogP contribution in [0.25, 0.3) is 11.4 Å². The quantitative estimate of drug-likeness (QED) is 0.307. The van der Waals surface area contributed by atoms with Crippen LogP contribution in [0.2, 0.25) is 0 Å². The Bertz CT molecular complexity index is 1330. The number of carbonyl (C=O) groups is 2. The zero-order valence-electron chi connectivity index (χ0n) is 21.0. The Morgan fingerprint density at radius 1 is 1.00 bits per heavy atom. The van der Waals surface area contributed by atoms with Crippen LogP contribution in [0.3, 0.4) is 0 Å². The Balaban J connectivity index is 1.34. The summed E-state index contributed by atoms with van der Waals surface area (Å²) in [6.07, 6.45) is -2.38. The summed E-state index contributed by atoms with van der Waals surface area (Å²) in [6.45, 7) is -0.0766. The molecule has 10 nitrogen and oxygen atoms in total. The predicted octanol–water partition coefficient (Wildman–Crippen LogP) is 4.46. The fourth-order valence-electron chi connectivity index (χ4n) is 4.36. The number of alkyl halides is 3. The molecule has 0 atom stereocenters. The van der Waals surface area contributed by atoms with E-state index in [2.05, 4.69) is 35.6 Å². The van der Waals surface area contributed by atoms with Crippen molar-refractivity contribution in [3.63, 3.8) is 0 Å². The lowest BCUT2D eigenvalue weighted by Crippen LogP contribution is -2.36. The summed E-state index contributed by atoms with van der Waals surface area (Å²) in [5.41, 5.74) is 0.874. The number of carbonyl (C=O) groups excluding carboxylic acids is 1. The van der Waals surface area contributed by atoms with E-state index in [1.807, 2.05) is 0 Å². The van der Waals surface area contributed by atoms with Gasteiger partial charge in [-0.15, -0.1) is 13.2 Å². The van der Waals surface area contributed by atoms with Gasteiger partial charge >= 0.3 is 12.3 Å². The fourth-order valence-corrected chi connectivity index (χ4v) is 4.36. The van der Waals surface area contributed by atoms with E-state index in [-0.39, 0.29) is 41.3 Å². The van der Waals surface area contributed by atoms with Crippen molar-refractivity contribution in [3.8, 4) is 17.1 Å². The lowest BCUT2D eigenvalue weighted by Gasteiger charge is -2.28. The van der Waals surface area contributed by atoms with Crippen LogP contribution in [0.5, 0.6) is 5.75 Å². The number of halogens is 3. The molecule has 1 fully saturated rings. The Hall–Kier alpha value is -4.42. The number of rotatable bonds is 9. The molecule has 1 saturated carbocycles. The number of aromatic nitrogens is 3. The molecule has 39 heavy (non-hydrogen) atoms. The van der Waals surface area contributed by atoms with Gasteiger partial charge in [0.15, 0.2) is 5.82 Å². The van der Waals surface area contributed by atoms with E-state index >= 15 is 0 Å². The van der Waals surface area contributed by atoms with Gasteiger partial charge in [-0.1, -0.05) is 30.3 Å². The van der Waals surface area contributed by atoms with Gasteiger partial charge < -0.3 is 25.8 Å². The third-order valence-electron chi connectivity index (χ3n) is 6.31. The molecule has 1 heterocycles. The first-order chi connectivity index (χ1) is 18.6. The second-order valence-electron chi connectivity index (χ2n) is 9.01. The topological polar surface area (TPSA) is 138 Å². The Labute approximate surface area is 222 Å². The van der Waals surface area contributed by atoms with Gasteiger partial charge in [0, 0.05) is 36.7 Å². The molecule has 4 rings (SSSR count). The molecule has 0 spiro atoms. The molecule has 0 unspecified atom stereocenters. The van der Waals surface area contributed by atoms with Crippen LogP contribution in [0, 0.1) is 5.92 Å². The third kappa shape index (κ3) is 7.55. The van der Waals surface area contributed by atoms with Gasteiger partial charge in [-0.05, 0) is 43.9 Å². The summed E-state index contributed by atoms with van der Waals surface area (Å²) in [5, 5.41) is 18.2. The van der Waals surface area contributed by atoms with E-state index < -0.39 is 12.3 Å². The summed E-state index contributed by atoms with van der Waals surface area (Å²) < 4.78 is 42.0. The van der Waals surface area contributed by atoms with Crippen molar-refractivity contribution >= 4 is 23.8 Å². The average molecular weight is 545 g/mol. The van der Waals surface area contributed by atoms with Crippen molar-refractivity contribution < 1.29 is 32.6 Å². The van der Waals surface area contributed by atoms with Crippen LogP contribution >= 0.6 is 0 Å². The summed E-state index contributed by atoms with van der Waals surface area (Å²) in [4.78, 5) is 37.2. The van der Waals surface area contributed by atoms with Gasteiger partial charge in [-0.3, -0.25) is 4.79 Å². The number of carboxylic acid groups (broad SMARTS) is 1. The lowest BCUT2D eigenvalue weighted by molar-refractivity contribution is -0.274. The highest BCUT2D eigenvalue weighted by Gasteiger charge is 2.32. The maximum atomic E-state index is 12.7. The van der Waals surface area contributed by atoms with Crippen LogP contribution in [-0.2, 0) is 11.3 Å². The number of nitrogens with one attached hydrogen (secondary N) is 3. The number of anilines is 2. The molecule has 0 bridgehead atoms. The maximum Gasteiger partial charge on any atom is 0.573 e. The number of aromatic carboxylic acids is 1. The summed E-state index contributed by atoms with van der Waals surface area (Å²) in [6, 6.07) is 12.0. The molecule has 1 aliphatic rings. The molecule has 0 radical (unpaired) electrons. The van der Waals surface area contributed by atoms with Crippen molar-refractivity contribution in [3.05, 3.63) is 59.7 Å². The highest BCUT2D eigenvalue weighted by molar-refractivity contribution is 5.89. The zero-order valence-corrected chi connectivity index (χ0v) is 21.0. The molecule has 1 aliphatic carbocycles. The number of carboxylic acids is 1. The molecule has 1 amide bonds. The molecule has 0 saturated heterocycles. The first kappa shape index (κ1) is 27.6. The highest BCUT2D eigenvalue weighted by atomic mass is 19.4. The van der Waals surface area contributed by atoms with Crippen molar-refractivity contribution in [2.24, 2.45) is 5.92 Å². The van der Waals surface area contributed by atoms with Crippen LogP contribution in [-0.4, -0.2) is 51.4 Å². The van der Waals surface area contributed by atoms with Crippen LogP contribution in [0.1, 0.15) is 41.6 Å². The zero-order chi connectivity index (χ0) is 28.0. The van der Waals surface area contributed by atoms with Crippen molar-refractivity contribution in [1.82, 2.24) is 20.3 Å². The number of amides is 1. The lowest BCUT2D eigenvalue weighted by atomic mass is 9.85. The molecule has 13 heteroatoms. The van der Waals surface area contributed by atoms with Crippen LogP contribution in [0.15, 0.2) is 48.5 Å². The first-order valence-electron chi connectivity index (χ1n) is 12.3. The van der Waals surface area contributed by atoms with Gasteiger partial charge in [0.1, 0.15) is 5.75 Å². The number of hydrogen-bond acceptors (Lipinski definition) is 8. The number of para-hydroxylation sites is 1. The van der Waals surface area contributed by atoms with Gasteiger partial charge in [0.05, 0.1) is 5.56 Å². The number of nitrogens with zero attached hydrogens (tertiary/aromatic N) is 3. The molecule has 0 aliphatic heterocycles. The predicted molar refractivity (Wildman–Crippen MR) is 136 cm³/mol. The van der Waals surface area contributed by atoms with E-state index in [1.165, 1.54) is 30.3 Å². The van der Waals surface area contributed by atoms with E-state index in [9.17, 15) is 27.9 Å². The van der Waals surface area contributed by atoms with Crippen molar-refractivity contribution in [1.29, 1.82) is 0 Å². The molecule has 206 valence electrons. The summed E-state index contributed by atoms with van der Waals surface area (Å²) in [7, 11) is 1.66. The second-order valence-corrected chi connectivity index (χ2v) is 9.01. The van der Waals surface area contributed by atoms with E-state index in [4.69, 9.17) is 0 Å². The minimum Gasteiger partial charge on any atom is -0.478 e. The standard InChI is InChI=1S/C26H27F3N6O4/c1-30-24-33-21(16-6-4-7-17(13-16)23(37)38)34-25(35-24)32-19-11-9-15(10-12-19)22(36)31-14-18-5-2-3-8-20(18)39-26(27,28)29/h2-8,13,15,19H,9-12,14H2,1H3,(H,31,36)(H,37,38)(H2,30,32,33,34,35)/t15-,19+.